The Labute approximate surface area is 46.2 Å². The molecule has 1 N–H and O–H groups in total. The zero-order chi connectivity index (χ0) is 5.70. The van der Waals surface area contributed by atoms with Crippen molar-refractivity contribution in [2.24, 2.45) is 0 Å². The molecule has 0 aliphatic rings. The summed E-state index contributed by atoms with van der Waals surface area (Å²) in [5.74, 6) is 0.365. The molecule has 7 heavy (non-hydrogen) atoms. The fourth-order valence-corrected chi connectivity index (χ4v) is 0.677. The lowest BCUT2D eigenvalue weighted by molar-refractivity contribution is 0.562. The van der Waals surface area contributed by atoms with Gasteiger partial charge in [0.15, 0.2) is 11.1 Å². The van der Waals surface area contributed by atoms with Crippen molar-refractivity contribution in [1.29, 1.82) is 0 Å². The van der Waals surface area contributed by atoms with Gasteiger partial charge in [0, 0.05) is 6.42 Å². The van der Waals surface area contributed by atoms with Gasteiger partial charge in [-0.3, -0.25) is 0 Å². The molecule has 2 nitrogen and oxygen atoms in total. The monoisotopic (exact) mass is 121 g/mol. The summed E-state index contributed by atoms with van der Waals surface area (Å²) in [6.07, 6.45) is 1.48. The van der Waals surface area contributed by atoms with E-state index >= 15 is 0 Å². The molecule has 0 aromatic carbocycles. The first-order chi connectivity index (χ1) is 3.27. The SMILES string of the molecule is [CH2+]CCCS(=O)O. The molecule has 0 amide bonds. The molecule has 0 aliphatic heterocycles. The normalized spacial score (nSPS) is 13.9. The van der Waals surface area contributed by atoms with Crippen LogP contribution in [0.4, 0.5) is 0 Å². The topological polar surface area (TPSA) is 37.3 Å². The first kappa shape index (κ1) is 6.98. The lowest BCUT2D eigenvalue weighted by atomic mass is 10.4. The summed E-state index contributed by atoms with van der Waals surface area (Å²) < 4.78 is 18.0. The Morgan fingerprint density at radius 3 is 2.43 bits per heavy atom. The first-order valence-corrected chi connectivity index (χ1v) is 3.41. The van der Waals surface area contributed by atoms with E-state index in [9.17, 15) is 4.21 Å². The van der Waals surface area contributed by atoms with Crippen molar-refractivity contribution >= 4 is 11.1 Å². The summed E-state index contributed by atoms with van der Waals surface area (Å²) in [6, 6.07) is 0. The van der Waals surface area contributed by atoms with Crippen LogP contribution in [0.15, 0.2) is 0 Å². The van der Waals surface area contributed by atoms with Crippen LogP contribution in [-0.2, 0) is 11.1 Å². The molecular weight excluding hydrogens is 112 g/mol. The molecule has 1 atom stereocenters. The molecule has 0 radical (unpaired) electrons. The van der Waals surface area contributed by atoms with Crippen LogP contribution in [0.25, 0.3) is 0 Å². The Hall–Kier alpha value is -0.0200. The highest BCUT2D eigenvalue weighted by molar-refractivity contribution is 7.79. The molecule has 0 spiro atoms. The van der Waals surface area contributed by atoms with Crippen LogP contribution in [0.3, 0.4) is 0 Å². The Bertz CT molecular complexity index is 62.7. The standard InChI is InChI=1S/C4H8O2S/c1-2-3-4-7(5)6/h1-4H2/p+1. The summed E-state index contributed by atoms with van der Waals surface area (Å²) in [4.78, 5) is 0. The van der Waals surface area contributed by atoms with E-state index in [1.165, 1.54) is 0 Å². The number of hydrogen-bond acceptors (Lipinski definition) is 1. The van der Waals surface area contributed by atoms with E-state index in [1.807, 2.05) is 0 Å². The molecule has 0 saturated carbocycles. The minimum atomic E-state index is -1.61. The van der Waals surface area contributed by atoms with Gasteiger partial charge in [-0.25, -0.2) is 4.21 Å². The van der Waals surface area contributed by atoms with Crippen LogP contribution in [0, 0.1) is 6.92 Å². The van der Waals surface area contributed by atoms with Gasteiger partial charge in [-0.1, -0.05) is 0 Å². The third-order valence-corrected chi connectivity index (χ3v) is 1.21. The molecule has 1 unspecified atom stereocenters. The highest BCUT2D eigenvalue weighted by Crippen LogP contribution is 1.86. The van der Waals surface area contributed by atoms with Gasteiger partial charge in [0.25, 0.3) is 0 Å². The van der Waals surface area contributed by atoms with Crippen molar-refractivity contribution in [1.82, 2.24) is 0 Å². The van der Waals surface area contributed by atoms with E-state index in [-0.39, 0.29) is 0 Å². The van der Waals surface area contributed by atoms with Crippen molar-refractivity contribution in [2.45, 2.75) is 12.8 Å². The summed E-state index contributed by atoms with van der Waals surface area (Å²) >= 11 is -1.61. The second-order valence-electron chi connectivity index (χ2n) is 1.23. The highest BCUT2D eigenvalue weighted by Gasteiger charge is 1.90. The van der Waals surface area contributed by atoms with Gasteiger partial charge in [0.2, 0.25) is 0 Å². The van der Waals surface area contributed by atoms with Crippen molar-refractivity contribution in [3.05, 3.63) is 6.92 Å². The van der Waals surface area contributed by atoms with E-state index in [0.717, 1.165) is 12.8 Å². The van der Waals surface area contributed by atoms with Crippen LogP contribution in [0.2, 0.25) is 0 Å². The third-order valence-electron chi connectivity index (χ3n) is 0.569. The van der Waals surface area contributed by atoms with E-state index < -0.39 is 11.1 Å². The maximum absolute atomic E-state index is 9.84. The Balaban J connectivity index is 2.82. The van der Waals surface area contributed by atoms with Crippen LogP contribution >= 0.6 is 0 Å². The maximum Gasteiger partial charge on any atom is 0.152 e. The van der Waals surface area contributed by atoms with Crippen molar-refractivity contribution in [3.63, 3.8) is 0 Å². The van der Waals surface area contributed by atoms with E-state index in [1.54, 1.807) is 0 Å². The van der Waals surface area contributed by atoms with Crippen molar-refractivity contribution in [2.75, 3.05) is 5.75 Å². The number of hydrogen-bond donors (Lipinski definition) is 1. The third kappa shape index (κ3) is 5.98. The average Bonchev–Trinajstić information content (AvgIpc) is 1.61. The molecule has 42 valence electrons. The Morgan fingerprint density at radius 1 is 1.71 bits per heavy atom. The van der Waals surface area contributed by atoms with E-state index in [0.29, 0.717) is 5.75 Å². The maximum atomic E-state index is 9.84. The van der Waals surface area contributed by atoms with E-state index in [2.05, 4.69) is 6.92 Å². The van der Waals surface area contributed by atoms with Gasteiger partial charge in [0.05, 0.1) is 19.1 Å². The number of unbranched alkanes of at least 4 members (excludes halogenated alkanes) is 1. The zero-order valence-electron chi connectivity index (χ0n) is 4.09. The van der Waals surface area contributed by atoms with Gasteiger partial charge in [0.1, 0.15) is 0 Å². The van der Waals surface area contributed by atoms with Gasteiger partial charge < -0.3 is 4.55 Å². The predicted molar refractivity (Wildman–Crippen MR) is 30.2 cm³/mol. The molecule has 0 heterocycles. The molecular formula is C4H9O2S+. The number of rotatable bonds is 3. The van der Waals surface area contributed by atoms with Gasteiger partial charge >= 0.3 is 0 Å². The van der Waals surface area contributed by atoms with Gasteiger partial charge in [-0.15, -0.1) is 0 Å². The highest BCUT2D eigenvalue weighted by atomic mass is 32.2. The molecule has 0 rings (SSSR count). The molecule has 0 aliphatic carbocycles. The smallest absolute Gasteiger partial charge is 0.152 e. The van der Waals surface area contributed by atoms with Gasteiger partial charge in [-0.05, 0) is 0 Å². The molecule has 0 fully saturated rings. The van der Waals surface area contributed by atoms with Crippen LogP contribution in [0.5, 0.6) is 0 Å². The predicted octanol–water partition coefficient (Wildman–Crippen LogP) is 0.822. The molecule has 3 heteroatoms. The Morgan fingerprint density at radius 2 is 2.29 bits per heavy atom. The van der Waals surface area contributed by atoms with Crippen LogP contribution in [0.1, 0.15) is 12.8 Å². The second kappa shape index (κ2) is 4.15. The minimum Gasteiger partial charge on any atom is -0.306 e. The zero-order valence-corrected chi connectivity index (χ0v) is 4.91. The van der Waals surface area contributed by atoms with Crippen LogP contribution < -0.4 is 0 Å². The fraction of sp³-hybridized carbons (Fsp3) is 0.750. The van der Waals surface area contributed by atoms with Crippen LogP contribution in [-0.4, -0.2) is 14.5 Å². The first-order valence-electron chi connectivity index (χ1n) is 2.14. The summed E-state index contributed by atoms with van der Waals surface area (Å²) in [5.41, 5.74) is 0. The minimum absolute atomic E-state index is 0.365. The summed E-state index contributed by atoms with van der Waals surface area (Å²) in [5, 5.41) is 0. The van der Waals surface area contributed by atoms with Crippen molar-refractivity contribution in [3.8, 4) is 0 Å². The second-order valence-corrected chi connectivity index (χ2v) is 2.28. The summed E-state index contributed by atoms with van der Waals surface area (Å²) in [6.45, 7) is 3.51. The van der Waals surface area contributed by atoms with Crippen molar-refractivity contribution < 1.29 is 8.76 Å². The lowest BCUT2D eigenvalue weighted by Gasteiger charge is -1.83. The fourth-order valence-electron chi connectivity index (χ4n) is 0.226. The molecule has 0 saturated heterocycles. The quantitative estimate of drug-likeness (QED) is 0.443. The molecule has 0 aromatic rings. The Kier molecular flexibility index (Phi) is 4.14. The molecule has 0 bridgehead atoms. The average molecular weight is 121 g/mol. The molecule has 0 aromatic heterocycles. The summed E-state index contributed by atoms with van der Waals surface area (Å²) in [7, 11) is 0. The lowest BCUT2D eigenvalue weighted by Crippen LogP contribution is -1.92. The largest absolute Gasteiger partial charge is 0.306 e. The van der Waals surface area contributed by atoms with Gasteiger partial charge in [-0.2, -0.15) is 0 Å². The van der Waals surface area contributed by atoms with E-state index in [4.69, 9.17) is 4.55 Å².